The molecule has 1 amide bonds. The number of nitrogens with one attached hydrogen (secondary N) is 1. The van der Waals surface area contributed by atoms with Crippen molar-refractivity contribution in [2.75, 3.05) is 13.2 Å². The molecule has 0 bridgehead atoms. The van der Waals surface area contributed by atoms with Crippen molar-refractivity contribution in [1.82, 2.24) is 5.32 Å². The van der Waals surface area contributed by atoms with E-state index in [0.29, 0.717) is 26.1 Å². The molecule has 3 atom stereocenters. The quantitative estimate of drug-likeness (QED) is 0.696. The van der Waals surface area contributed by atoms with Crippen molar-refractivity contribution >= 4 is 11.9 Å². The Kier molecular flexibility index (Phi) is 5.37. The van der Waals surface area contributed by atoms with Crippen molar-refractivity contribution in [1.29, 1.82) is 0 Å². The lowest BCUT2D eigenvalue weighted by Crippen LogP contribution is -2.42. The highest BCUT2D eigenvalue weighted by Gasteiger charge is 2.34. The van der Waals surface area contributed by atoms with Gasteiger partial charge in [0.15, 0.2) is 6.10 Å². The number of ether oxygens (including phenoxy) is 2. The number of hydrogen-bond donors (Lipinski definition) is 2. The maximum atomic E-state index is 11.7. The summed E-state index contributed by atoms with van der Waals surface area (Å²) >= 11 is 0. The van der Waals surface area contributed by atoms with Crippen molar-refractivity contribution in [2.45, 2.75) is 44.9 Å². The molecule has 0 spiro atoms. The number of aliphatic carboxylic acids is 1. The van der Waals surface area contributed by atoms with Crippen LogP contribution in [0.1, 0.15) is 26.7 Å². The van der Waals surface area contributed by atoms with Gasteiger partial charge in [0.05, 0.1) is 6.61 Å². The van der Waals surface area contributed by atoms with Gasteiger partial charge in [0.1, 0.15) is 6.10 Å². The zero-order valence-corrected chi connectivity index (χ0v) is 10.1. The average molecular weight is 245 g/mol. The monoisotopic (exact) mass is 245 g/mol. The van der Waals surface area contributed by atoms with Crippen LogP contribution in [0.4, 0.5) is 0 Å². The van der Waals surface area contributed by atoms with Gasteiger partial charge < -0.3 is 19.9 Å². The molecule has 0 aromatic carbocycles. The molecule has 1 saturated heterocycles. The molecule has 0 aromatic rings. The predicted molar refractivity (Wildman–Crippen MR) is 59.6 cm³/mol. The highest BCUT2D eigenvalue weighted by molar-refractivity contribution is 5.82. The molecular formula is C11H19NO5. The molecule has 0 aromatic heterocycles. The Hall–Kier alpha value is -1.14. The Labute approximate surface area is 100 Å². The van der Waals surface area contributed by atoms with Gasteiger partial charge in [0, 0.05) is 12.6 Å². The summed E-state index contributed by atoms with van der Waals surface area (Å²) in [5.74, 6) is -1.27. The third kappa shape index (κ3) is 4.32. The molecule has 1 aliphatic heterocycles. The normalized spacial score (nSPS) is 25.5. The van der Waals surface area contributed by atoms with Crippen LogP contribution in [0, 0.1) is 0 Å². The third-order valence-corrected chi connectivity index (χ3v) is 2.55. The standard InChI is InChI=1S/C11H19NO5/c1-3-16-6-7(2)12-10(13)8-4-5-9(17-8)11(14)15/h7-9H,3-6H2,1-2H3,(H,12,13)(H,14,15)/t7?,8-,9+/m0/s1. The van der Waals surface area contributed by atoms with E-state index >= 15 is 0 Å². The lowest BCUT2D eigenvalue weighted by Gasteiger charge is -2.17. The number of amides is 1. The fourth-order valence-electron chi connectivity index (χ4n) is 1.68. The van der Waals surface area contributed by atoms with Gasteiger partial charge in [-0.2, -0.15) is 0 Å². The Balaban J connectivity index is 2.31. The number of carboxylic acids is 1. The molecule has 6 heteroatoms. The van der Waals surface area contributed by atoms with E-state index in [1.54, 1.807) is 0 Å². The number of carbonyl (C=O) groups excluding carboxylic acids is 1. The summed E-state index contributed by atoms with van der Waals surface area (Å²) in [4.78, 5) is 22.4. The third-order valence-electron chi connectivity index (χ3n) is 2.55. The van der Waals surface area contributed by atoms with Crippen molar-refractivity contribution in [3.8, 4) is 0 Å². The Morgan fingerprint density at radius 3 is 2.65 bits per heavy atom. The number of carbonyl (C=O) groups is 2. The summed E-state index contributed by atoms with van der Waals surface area (Å²) in [7, 11) is 0. The van der Waals surface area contributed by atoms with Crippen molar-refractivity contribution < 1.29 is 24.2 Å². The molecule has 2 N–H and O–H groups in total. The minimum absolute atomic E-state index is 0.102. The first-order chi connectivity index (χ1) is 8.04. The van der Waals surface area contributed by atoms with Crippen LogP contribution in [0.3, 0.4) is 0 Å². The molecule has 0 aliphatic carbocycles. The first kappa shape index (κ1) is 13.9. The second-order valence-electron chi connectivity index (χ2n) is 4.10. The smallest absolute Gasteiger partial charge is 0.332 e. The van der Waals surface area contributed by atoms with Gasteiger partial charge in [0.2, 0.25) is 5.91 Å². The molecule has 0 radical (unpaired) electrons. The molecular weight excluding hydrogens is 226 g/mol. The second-order valence-corrected chi connectivity index (χ2v) is 4.10. The van der Waals surface area contributed by atoms with Gasteiger partial charge in [-0.3, -0.25) is 4.79 Å². The molecule has 1 unspecified atom stereocenters. The van der Waals surface area contributed by atoms with E-state index in [0.717, 1.165) is 0 Å². The SMILES string of the molecule is CCOCC(C)NC(=O)[C@@H]1CC[C@H](C(=O)O)O1. The molecule has 6 nitrogen and oxygen atoms in total. The van der Waals surface area contributed by atoms with Crippen LogP contribution in [0.2, 0.25) is 0 Å². The minimum atomic E-state index is -1.01. The van der Waals surface area contributed by atoms with E-state index in [1.165, 1.54) is 0 Å². The summed E-state index contributed by atoms with van der Waals surface area (Å²) in [6.45, 7) is 4.75. The van der Waals surface area contributed by atoms with Crippen LogP contribution < -0.4 is 5.32 Å². The maximum Gasteiger partial charge on any atom is 0.332 e. The van der Waals surface area contributed by atoms with Gasteiger partial charge >= 0.3 is 5.97 Å². The van der Waals surface area contributed by atoms with Crippen LogP contribution in [-0.4, -0.2) is 48.4 Å². The molecule has 0 saturated carbocycles. The fraction of sp³-hybridized carbons (Fsp3) is 0.818. The highest BCUT2D eigenvalue weighted by atomic mass is 16.5. The molecule has 1 rings (SSSR count). The number of carboxylic acid groups (broad SMARTS) is 1. The Morgan fingerprint density at radius 2 is 2.12 bits per heavy atom. The van der Waals surface area contributed by atoms with Crippen molar-refractivity contribution in [3.63, 3.8) is 0 Å². The van der Waals surface area contributed by atoms with Crippen LogP contribution >= 0.6 is 0 Å². The van der Waals surface area contributed by atoms with Gasteiger partial charge in [-0.1, -0.05) is 0 Å². The van der Waals surface area contributed by atoms with Crippen molar-refractivity contribution in [2.24, 2.45) is 0 Å². The maximum absolute atomic E-state index is 11.7. The molecule has 98 valence electrons. The van der Waals surface area contributed by atoms with E-state index < -0.39 is 18.2 Å². The number of hydrogen-bond acceptors (Lipinski definition) is 4. The summed E-state index contributed by atoms with van der Waals surface area (Å²) in [5, 5.41) is 11.5. The molecule has 1 heterocycles. The van der Waals surface area contributed by atoms with Crippen molar-refractivity contribution in [3.05, 3.63) is 0 Å². The average Bonchev–Trinajstić information content (AvgIpc) is 2.75. The van der Waals surface area contributed by atoms with E-state index in [2.05, 4.69) is 5.32 Å². The molecule has 1 aliphatic rings. The predicted octanol–water partition coefficient (Wildman–Crippen LogP) is 0.160. The minimum Gasteiger partial charge on any atom is -0.479 e. The van der Waals surface area contributed by atoms with E-state index in [9.17, 15) is 9.59 Å². The second kappa shape index (κ2) is 6.56. The lowest BCUT2D eigenvalue weighted by molar-refractivity contribution is -0.152. The highest BCUT2D eigenvalue weighted by Crippen LogP contribution is 2.19. The summed E-state index contributed by atoms with van der Waals surface area (Å²) in [6.07, 6.45) is -0.676. The first-order valence-electron chi connectivity index (χ1n) is 5.81. The van der Waals surface area contributed by atoms with Crippen LogP contribution in [-0.2, 0) is 19.1 Å². The topological polar surface area (TPSA) is 84.9 Å². The molecule has 17 heavy (non-hydrogen) atoms. The van der Waals surface area contributed by atoms with Crippen LogP contribution in [0.15, 0.2) is 0 Å². The van der Waals surface area contributed by atoms with Gasteiger partial charge in [-0.15, -0.1) is 0 Å². The van der Waals surface area contributed by atoms with E-state index in [-0.39, 0.29) is 11.9 Å². The van der Waals surface area contributed by atoms with Gasteiger partial charge in [-0.05, 0) is 26.7 Å². The summed E-state index contributed by atoms with van der Waals surface area (Å²) in [6, 6.07) is -0.102. The van der Waals surface area contributed by atoms with Gasteiger partial charge in [0.25, 0.3) is 0 Å². The van der Waals surface area contributed by atoms with Gasteiger partial charge in [-0.25, -0.2) is 4.79 Å². The Morgan fingerprint density at radius 1 is 1.47 bits per heavy atom. The largest absolute Gasteiger partial charge is 0.479 e. The van der Waals surface area contributed by atoms with Crippen LogP contribution in [0.5, 0.6) is 0 Å². The zero-order valence-electron chi connectivity index (χ0n) is 10.1. The first-order valence-corrected chi connectivity index (χ1v) is 5.81. The number of rotatable bonds is 6. The van der Waals surface area contributed by atoms with E-state index in [1.807, 2.05) is 13.8 Å². The van der Waals surface area contributed by atoms with Crippen LogP contribution in [0.25, 0.3) is 0 Å². The summed E-state index contributed by atoms with van der Waals surface area (Å²) < 4.78 is 10.3. The summed E-state index contributed by atoms with van der Waals surface area (Å²) in [5.41, 5.74) is 0. The zero-order chi connectivity index (χ0) is 12.8. The lowest BCUT2D eigenvalue weighted by atomic mass is 10.2. The molecule has 1 fully saturated rings. The van der Waals surface area contributed by atoms with E-state index in [4.69, 9.17) is 14.6 Å². The fourth-order valence-corrected chi connectivity index (χ4v) is 1.68. The Bertz CT molecular complexity index is 281.